The molecular weight excluding hydrogens is 381 g/mol. The maximum atomic E-state index is 12.7. The van der Waals surface area contributed by atoms with E-state index < -0.39 is 5.97 Å². The molecule has 4 nitrogen and oxygen atoms in total. The Bertz CT molecular complexity index is 762. The highest BCUT2D eigenvalue weighted by Gasteiger charge is 2.16. The van der Waals surface area contributed by atoms with Crippen molar-refractivity contribution in [1.82, 2.24) is 4.57 Å². The first-order chi connectivity index (χ1) is 9.82. The molecule has 0 amide bonds. The number of halogens is 1. The standard InChI is InChI=1S/C16H18INO3/c1-9(2)18-10(3)12(5-7-15(19)20)16(21)13-8-11(17)4-6-14(13)18/h4,6,8-9H,5,7H2,1-3H3,(H,19,20). The van der Waals surface area contributed by atoms with E-state index in [2.05, 4.69) is 41.0 Å². The van der Waals surface area contributed by atoms with E-state index >= 15 is 0 Å². The zero-order valence-corrected chi connectivity index (χ0v) is 14.5. The van der Waals surface area contributed by atoms with Gasteiger partial charge in [-0.05, 0) is 68.0 Å². The molecule has 21 heavy (non-hydrogen) atoms. The summed E-state index contributed by atoms with van der Waals surface area (Å²) in [4.78, 5) is 23.5. The summed E-state index contributed by atoms with van der Waals surface area (Å²) in [6, 6.07) is 6.03. The normalized spacial score (nSPS) is 11.3. The number of benzene rings is 1. The molecule has 0 aliphatic rings. The van der Waals surface area contributed by atoms with Crippen LogP contribution in [0.25, 0.3) is 10.9 Å². The fourth-order valence-electron chi connectivity index (χ4n) is 2.74. The maximum absolute atomic E-state index is 12.7. The molecule has 0 spiro atoms. The van der Waals surface area contributed by atoms with Crippen molar-refractivity contribution in [2.24, 2.45) is 0 Å². The van der Waals surface area contributed by atoms with Gasteiger partial charge >= 0.3 is 5.97 Å². The van der Waals surface area contributed by atoms with Crippen LogP contribution < -0.4 is 5.43 Å². The minimum Gasteiger partial charge on any atom is -0.481 e. The molecule has 1 aromatic heterocycles. The van der Waals surface area contributed by atoms with Crippen molar-refractivity contribution in [2.75, 3.05) is 0 Å². The Balaban J connectivity index is 2.79. The van der Waals surface area contributed by atoms with Crippen LogP contribution in [0.2, 0.25) is 0 Å². The fourth-order valence-corrected chi connectivity index (χ4v) is 3.24. The summed E-state index contributed by atoms with van der Waals surface area (Å²) in [5.74, 6) is -0.882. The number of hydrogen-bond donors (Lipinski definition) is 1. The monoisotopic (exact) mass is 399 g/mol. The quantitative estimate of drug-likeness (QED) is 0.801. The topological polar surface area (TPSA) is 59.3 Å². The number of rotatable bonds is 4. The van der Waals surface area contributed by atoms with Crippen LogP contribution in [0.3, 0.4) is 0 Å². The molecule has 0 saturated carbocycles. The van der Waals surface area contributed by atoms with E-state index in [0.29, 0.717) is 10.9 Å². The Morgan fingerprint density at radius 3 is 2.62 bits per heavy atom. The van der Waals surface area contributed by atoms with Gasteiger partial charge in [0.15, 0.2) is 5.43 Å². The SMILES string of the molecule is Cc1c(CCC(=O)O)c(=O)c2cc(I)ccc2n1C(C)C. The maximum Gasteiger partial charge on any atom is 0.303 e. The van der Waals surface area contributed by atoms with Crippen molar-refractivity contribution in [3.05, 3.63) is 43.2 Å². The van der Waals surface area contributed by atoms with Gasteiger partial charge in [0.25, 0.3) is 0 Å². The van der Waals surface area contributed by atoms with Crippen molar-refractivity contribution >= 4 is 39.5 Å². The first-order valence-corrected chi connectivity index (χ1v) is 7.95. The first kappa shape index (κ1) is 16.0. The van der Waals surface area contributed by atoms with Crippen LogP contribution in [-0.2, 0) is 11.2 Å². The number of aromatic nitrogens is 1. The molecule has 0 fully saturated rings. The predicted molar refractivity (Wildman–Crippen MR) is 92.0 cm³/mol. The second kappa shape index (κ2) is 6.17. The van der Waals surface area contributed by atoms with E-state index in [1.54, 1.807) is 0 Å². The summed E-state index contributed by atoms with van der Waals surface area (Å²) < 4.78 is 3.12. The summed E-state index contributed by atoms with van der Waals surface area (Å²) in [7, 11) is 0. The lowest BCUT2D eigenvalue weighted by molar-refractivity contribution is -0.136. The van der Waals surface area contributed by atoms with Gasteiger partial charge in [-0.15, -0.1) is 0 Å². The van der Waals surface area contributed by atoms with E-state index in [-0.39, 0.29) is 24.3 Å². The molecule has 0 atom stereocenters. The van der Waals surface area contributed by atoms with Crippen molar-refractivity contribution in [2.45, 2.75) is 39.7 Å². The third-order valence-electron chi connectivity index (χ3n) is 3.64. The molecule has 2 aromatic rings. The lowest BCUT2D eigenvalue weighted by Crippen LogP contribution is -2.21. The Morgan fingerprint density at radius 2 is 2.05 bits per heavy atom. The van der Waals surface area contributed by atoms with Gasteiger partial charge in [0.2, 0.25) is 0 Å². The number of aliphatic carboxylic acids is 1. The highest BCUT2D eigenvalue weighted by Crippen LogP contribution is 2.23. The van der Waals surface area contributed by atoms with E-state index in [4.69, 9.17) is 5.11 Å². The Morgan fingerprint density at radius 1 is 1.38 bits per heavy atom. The Labute approximate surface area is 136 Å². The predicted octanol–water partition coefficient (Wildman–Crippen LogP) is 3.51. The molecule has 1 heterocycles. The fraction of sp³-hybridized carbons (Fsp3) is 0.375. The van der Waals surface area contributed by atoms with Crippen LogP contribution in [-0.4, -0.2) is 15.6 Å². The highest BCUT2D eigenvalue weighted by molar-refractivity contribution is 14.1. The van der Waals surface area contributed by atoms with E-state index in [1.165, 1.54) is 0 Å². The molecular formula is C16H18INO3. The largest absolute Gasteiger partial charge is 0.481 e. The minimum atomic E-state index is -0.882. The van der Waals surface area contributed by atoms with Crippen molar-refractivity contribution < 1.29 is 9.90 Å². The molecule has 0 radical (unpaired) electrons. The molecule has 1 aromatic carbocycles. The van der Waals surface area contributed by atoms with Crippen molar-refractivity contribution in [3.63, 3.8) is 0 Å². The molecule has 1 N–H and O–H groups in total. The third-order valence-corrected chi connectivity index (χ3v) is 4.31. The molecule has 0 aliphatic carbocycles. The van der Waals surface area contributed by atoms with E-state index in [0.717, 1.165) is 14.8 Å². The second-order valence-corrected chi connectivity index (χ2v) is 6.66. The van der Waals surface area contributed by atoms with Crippen LogP contribution in [0, 0.1) is 10.5 Å². The van der Waals surface area contributed by atoms with Crippen LogP contribution in [0.5, 0.6) is 0 Å². The summed E-state index contributed by atoms with van der Waals surface area (Å²) in [6.45, 7) is 6.03. The molecule has 0 bridgehead atoms. The van der Waals surface area contributed by atoms with Crippen molar-refractivity contribution in [1.29, 1.82) is 0 Å². The van der Waals surface area contributed by atoms with Gasteiger partial charge in [0.05, 0.1) is 5.52 Å². The number of carboxylic acid groups (broad SMARTS) is 1. The zero-order chi connectivity index (χ0) is 15.7. The summed E-state index contributed by atoms with van der Waals surface area (Å²) >= 11 is 2.18. The second-order valence-electron chi connectivity index (χ2n) is 5.41. The smallest absolute Gasteiger partial charge is 0.303 e. The highest BCUT2D eigenvalue weighted by atomic mass is 127. The van der Waals surface area contributed by atoms with Crippen LogP contribution in [0.15, 0.2) is 23.0 Å². The van der Waals surface area contributed by atoms with Gasteiger partial charge in [-0.1, -0.05) is 0 Å². The van der Waals surface area contributed by atoms with Gasteiger partial charge in [0.1, 0.15) is 0 Å². The molecule has 5 heteroatoms. The van der Waals surface area contributed by atoms with Gasteiger partial charge in [0, 0.05) is 32.7 Å². The lowest BCUT2D eigenvalue weighted by Gasteiger charge is -2.21. The molecule has 0 aliphatic heterocycles. The molecule has 112 valence electrons. The summed E-state index contributed by atoms with van der Waals surface area (Å²) in [6.07, 6.45) is 0.248. The van der Waals surface area contributed by atoms with Crippen molar-refractivity contribution in [3.8, 4) is 0 Å². The number of pyridine rings is 1. The third kappa shape index (κ3) is 3.12. The number of carboxylic acids is 1. The summed E-state index contributed by atoms with van der Waals surface area (Å²) in [5.41, 5.74) is 2.34. The van der Waals surface area contributed by atoms with E-state index in [1.807, 2.05) is 25.1 Å². The van der Waals surface area contributed by atoms with Gasteiger partial charge < -0.3 is 9.67 Å². The number of nitrogens with zero attached hydrogens (tertiary/aromatic N) is 1. The zero-order valence-electron chi connectivity index (χ0n) is 12.3. The Hall–Kier alpha value is -1.37. The van der Waals surface area contributed by atoms with Crippen LogP contribution in [0.1, 0.15) is 37.6 Å². The average Bonchev–Trinajstić information content (AvgIpc) is 2.38. The number of hydrogen-bond acceptors (Lipinski definition) is 2. The molecule has 0 saturated heterocycles. The summed E-state index contributed by atoms with van der Waals surface area (Å²) in [5, 5.41) is 9.55. The van der Waals surface area contributed by atoms with Gasteiger partial charge in [-0.2, -0.15) is 0 Å². The van der Waals surface area contributed by atoms with Gasteiger partial charge in [-0.25, -0.2) is 0 Å². The van der Waals surface area contributed by atoms with E-state index in [9.17, 15) is 9.59 Å². The number of carbonyl (C=O) groups is 1. The lowest BCUT2D eigenvalue weighted by atomic mass is 10.0. The van der Waals surface area contributed by atoms with Crippen LogP contribution in [0.4, 0.5) is 0 Å². The minimum absolute atomic E-state index is 0.0242. The number of fused-ring (bicyclic) bond motifs is 1. The average molecular weight is 399 g/mol. The Kier molecular flexibility index (Phi) is 4.70. The van der Waals surface area contributed by atoms with Crippen LogP contribution >= 0.6 is 22.6 Å². The van der Waals surface area contributed by atoms with Gasteiger partial charge in [-0.3, -0.25) is 9.59 Å². The molecule has 2 rings (SSSR count). The first-order valence-electron chi connectivity index (χ1n) is 6.88. The molecule has 0 unspecified atom stereocenters.